The number of carbonyl (C=O) groups excluding carboxylic acids is 2. The van der Waals surface area contributed by atoms with Crippen molar-refractivity contribution in [1.29, 1.82) is 5.26 Å². The fourth-order valence-corrected chi connectivity index (χ4v) is 4.50. The molecule has 0 spiro atoms. The number of amides is 2. The van der Waals surface area contributed by atoms with Crippen LogP contribution in [0.1, 0.15) is 5.56 Å². The average Bonchev–Trinajstić information content (AvgIpc) is 2.92. The second kappa shape index (κ2) is 8.17. The molecule has 2 aromatic carbocycles. The van der Waals surface area contributed by atoms with Crippen LogP contribution in [-0.2, 0) is 16.0 Å². The van der Waals surface area contributed by atoms with E-state index >= 15 is 0 Å². The quantitative estimate of drug-likeness (QED) is 0.549. The van der Waals surface area contributed by atoms with E-state index in [4.69, 9.17) is 17.3 Å². The van der Waals surface area contributed by atoms with Crippen molar-refractivity contribution in [2.24, 2.45) is 5.73 Å². The zero-order chi connectivity index (χ0) is 19.6. The highest BCUT2D eigenvalue weighted by atomic mass is 79.9. The number of rotatable bonds is 4. The first-order chi connectivity index (χ1) is 12.9. The van der Waals surface area contributed by atoms with Gasteiger partial charge in [0.1, 0.15) is 16.7 Å². The van der Waals surface area contributed by atoms with Crippen LogP contribution in [0, 0.1) is 11.3 Å². The number of primary amides is 1. The van der Waals surface area contributed by atoms with E-state index in [0.29, 0.717) is 17.1 Å². The van der Waals surface area contributed by atoms with Crippen LogP contribution in [0.4, 0.5) is 5.69 Å². The minimum absolute atomic E-state index is 0.216. The summed E-state index contributed by atoms with van der Waals surface area (Å²) in [5.41, 5.74) is 6.58. The van der Waals surface area contributed by atoms with Crippen LogP contribution in [0.2, 0.25) is 5.02 Å². The third kappa shape index (κ3) is 4.19. The molecule has 5 nitrogen and oxygen atoms in total. The van der Waals surface area contributed by atoms with Crippen molar-refractivity contribution in [3.63, 3.8) is 0 Å². The summed E-state index contributed by atoms with van der Waals surface area (Å²) in [5, 5.41) is 9.72. The van der Waals surface area contributed by atoms with E-state index in [-0.39, 0.29) is 16.5 Å². The Bertz CT molecular complexity index is 985. The molecular formula is C19H13BrClN3O2S. The molecule has 0 aliphatic carbocycles. The van der Waals surface area contributed by atoms with E-state index in [2.05, 4.69) is 15.9 Å². The first-order valence-corrected chi connectivity index (χ1v) is 9.90. The van der Waals surface area contributed by atoms with E-state index < -0.39 is 11.2 Å². The lowest BCUT2D eigenvalue weighted by Crippen LogP contribution is -2.31. The summed E-state index contributed by atoms with van der Waals surface area (Å²) < 4.78 is 0.849. The number of hydrogen-bond acceptors (Lipinski definition) is 4. The maximum absolute atomic E-state index is 13.1. The summed E-state index contributed by atoms with van der Waals surface area (Å²) >= 11 is 10.5. The van der Waals surface area contributed by atoms with Gasteiger partial charge in [-0.05, 0) is 48.4 Å². The molecule has 2 N–H and O–H groups in total. The number of halogens is 2. The molecule has 0 saturated carbocycles. The molecule has 1 atom stereocenters. The van der Waals surface area contributed by atoms with Crippen LogP contribution in [-0.4, -0.2) is 17.1 Å². The number of nitrogens with two attached hydrogens (primary N) is 1. The second-order valence-electron chi connectivity index (χ2n) is 5.75. The Morgan fingerprint density at radius 2 is 2.00 bits per heavy atom. The smallest absolute Gasteiger partial charge is 0.262 e. The van der Waals surface area contributed by atoms with Crippen molar-refractivity contribution in [3.8, 4) is 6.07 Å². The molecule has 1 heterocycles. The van der Waals surface area contributed by atoms with Gasteiger partial charge in [-0.15, -0.1) is 0 Å². The van der Waals surface area contributed by atoms with Gasteiger partial charge in [0.2, 0.25) is 5.91 Å². The van der Waals surface area contributed by atoms with Gasteiger partial charge in [-0.25, -0.2) is 0 Å². The average molecular weight is 463 g/mol. The number of hydrogen-bond donors (Lipinski definition) is 1. The number of nitriles is 1. The van der Waals surface area contributed by atoms with Crippen LogP contribution in [0.5, 0.6) is 0 Å². The molecule has 1 saturated heterocycles. The van der Waals surface area contributed by atoms with Gasteiger partial charge in [0.25, 0.3) is 5.91 Å². The van der Waals surface area contributed by atoms with Crippen molar-refractivity contribution < 1.29 is 9.59 Å². The largest absolute Gasteiger partial charge is 0.365 e. The molecule has 0 bridgehead atoms. The molecular weight excluding hydrogens is 450 g/mol. The Balaban J connectivity index is 2.03. The summed E-state index contributed by atoms with van der Waals surface area (Å²) in [7, 11) is 0. The summed E-state index contributed by atoms with van der Waals surface area (Å²) in [5.74, 6) is -1.08. The molecule has 1 unspecified atom stereocenters. The van der Waals surface area contributed by atoms with Gasteiger partial charge >= 0.3 is 0 Å². The predicted octanol–water partition coefficient (Wildman–Crippen LogP) is 4.01. The predicted molar refractivity (Wildman–Crippen MR) is 110 cm³/mol. The first-order valence-electron chi connectivity index (χ1n) is 7.85. The Hall–Kier alpha value is -2.27. The summed E-state index contributed by atoms with van der Waals surface area (Å²) in [4.78, 5) is 26.2. The van der Waals surface area contributed by atoms with E-state index in [1.807, 2.05) is 18.2 Å². The summed E-state index contributed by atoms with van der Waals surface area (Å²) in [6.45, 7) is 0. The van der Waals surface area contributed by atoms with E-state index in [0.717, 1.165) is 10.0 Å². The molecule has 1 aliphatic heterocycles. The molecule has 1 fully saturated rings. The Kier molecular flexibility index (Phi) is 5.90. The number of carbonyl (C=O) groups is 2. The lowest BCUT2D eigenvalue weighted by Gasteiger charge is -2.18. The maximum atomic E-state index is 13.1. The third-order valence-corrected chi connectivity index (χ3v) is 5.95. The van der Waals surface area contributed by atoms with Crippen molar-refractivity contribution in [2.45, 2.75) is 11.7 Å². The van der Waals surface area contributed by atoms with Gasteiger partial charge in [0.05, 0.1) is 5.25 Å². The Labute approximate surface area is 173 Å². The van der Waals surface area contributed by atoms with Crippen LogP contribution in [0.3, 0.4) is 0 Å². The van der Waals surface area contributed by atoms with Crippen LogP contribution < -0.4 is 10.6 Å². The zero-order valence-corrected chi connectivity index (χ0v) is 17.0. The molecule has 0 radical (unpaired) electrons. The van der Waals surface area contributed by atoms with Gasteiger partial charge < -0.3 is 5.73 Å². The zero-order valence-electron chi connectivity index (χ0n) is 13.9. The SMILES string of the molecule is N#C/C(C(N)=O)=C1/SC(Cc2cccc(Cl)c2)C(=O)N1c1ccc(Br)cc1. The van der Waals surface area contributed by atoms with Gasteiger partial charge in [-0.1, -0.05) is 51.4 Å². The van der Waals surface area contributed by atoms with Gasteiger partial charge in [-0.3, -0.25) is 14.5 Å². The second-order valence-corrected chi connectivity index (χ2v) is 8.29. The minimum atomic E-state index is -0.863. The van der Waals surface area contributed by atoms with E-state index in [1.165, 1.54) is 16.7 Å². The molecule has 2 amide bonds. The van der Waals surface area contributed by atoms with Crippen molar-refractivity contribution in [1.82, 2.24) is 0 Å². The van der Waals surface area contributed by atoms with E-state index in [1.54, 1.807) is 36.4 Å². The molecule has 0 aromatic heterocycles. The van der Waals surface area contributed by atoms with Gasteiger partial charge in [0.15, 0.2) is 0 Å². The molecule has 8 heteroatoms. The maximum Gasteiger partial charge on any atom is 0.262 e. The summed E-state index contributed by atoms with van der Waals surface area (Å²) in [6.07, 6.45) is 0.415. The standard InChI is InChI=1S/C19H13BrClN3O2S/c20-12-4-6-14(7-5-12)24-18(26)16(9-11-2-1-3-13(21)8-11)27-19(24)15(10-22)17(23)25/h1-8,16H,9H2,(H2,23,25)/b19-15-. The summed E-state index contributed by atoms with van der Waals surface area (Å²) in [6, 6.07) is 16.1. The van der Waals surface area contributed by atoms with Crippen molar-refractivity contribution in [3.05, 3.63) is 74.2 Å². The van der Waals surface area contributed by atoms with Crippen LogP contribution in [0.25, 0.3) is 0 Å². The molecule has 1 aliphatic rings. The topological polar surface area (TPSA) is 87.2 Å². The molecule has 2 aromatic rings. The van der Waals surface area contributed by atoms with Gasteiger partial charge in [0, 0.05) is 15.2 Å². The number of thioether (sulfide) groups is 1. The fourth-order valence-electron chi connectivity index (χ4n) is 2.70. The van der Waals surface area contributed by atoms with Gasteiger partial charge in [-0.2, -0.15) is 5.26 Å². The van der Waals surface area contributed by atoms with Crippen molar-refractivity contribution in [2.75, 3.05) is 4.90 Å². The molecule has 136 valence electrons. The monoisotopic (exact) mass is 461 g/mol. The third-order valence-electron chi connectivity index (χ3n) is 3.92. The lowest BCUT2D eigenvalue weighted by molar-refractivity contribution is -0.117. The number of anilines is 1. The van der Waals surface area contributed by atoms with Crippen LogP contribution in [0.15, 0.2) is 63.6 Å². The molecule has 3 rings (SSSR count). The molecule has 27 heavy (non-hydrogen) atoms. The number of benzene rings is 2. The first kappa shape index (κ1) is 19.5. The van der Waals surface area contributed by atoms with Crippen molar-refractivity contribution >= 4 is 56.8 Å². The lowest BCUT2D eigenvalue weighted by atomic mass is 10.1. The minimum Gasteiger partial charge on any atom is -0.365 e. The highest BCUT2D eigenvalue weighted by molar-refractivity contribution is 9.10. The Morgan fingerprint density at radius 1 is 1.30 bits per heavy atom. The van der Waals surface area contributed by atoms with Crippen LogP contribution >= 0.6 is 39.3 Å². The normalized spacial score (nSPS) is 18.3. The highest BCUT2D eigenvalue weighted by Crippen LogP contribution is 2.42. The highest BCUT2D eigenvalue weighted by Gasteiger charge is 2.40. The van der Waals surface area contributed by atoms with E-state index in [9.17, 15) is 14.9 Å². The number of nitrogens with zero attached hydrogens (tertiary/aromatic N) is 2. The fraction of sp³-hybridized carbons (Fsp3) is 0.105. The Morgan fingerprint density at radius 3 is 2.59 bits per heavy atom.